The summed E-state index contributed by atoms with van der Waals surface area (Å²) in [6, 6.07) is 0. The fourth-order valence-corrected chi connectivity index (χ4v) is 3.34. The van der Waals surface area contributed by atoms with Crippen LogP contribution in [0.25, 0.3) is 0 Å². The molecule has 0 saturated carbocycles. The van der Waals surface area contributed by atoms with Gasteiger partial charge < -0.3 is 4.43 Å². The molecule has 0 amide bonds. The SMILES string of the molecule is C=N/C(=N\C=C(C)C)[C@@H](O[Si](C)(C)C(C)(C)C)[C@@H](C)S(N)(=O)=O. The molecule has 0 aliphatic carbocycles. The topological polar surface area (TPSA) is 94.1 Å². The zero-order valence-electron chi connectivity index (χ0n) is 15.5. The minimum Gasteiger partial charge on any atom is -0.405 e. The van der Waals surface area contributed by atoms with Gasteiger partial charge in [-0.15, -0.1) is 0 Å². The molecule has 6 nitrogen and oxygen atoms in total. The molecule has 0 aliphatic heterocycles. The van der Waals surface area contributed by atoms with Crippen LogP contribution in [0.1, 0.15) is 41.5 Å². The molecular formula is C15H31N3O3SSi. The van der Waals surface area contributed by atoms with Crippen LogP contribution in [0.3, 0.4) is 0 Å². The van der Waals surface area contributed by atoms with Crippen LogP contribution < -0.4 is 5.14 Å². The van der Waals surface area contributed by atoms with Crippen molar-refractivity contribution < 1.29 is 12.8 Å². The van der Waals surface area contributed by atoms with E-state index in [-0.39, 0.29) is 10.9 Å². The van der Waals surface area contributed by atoms with Gasteiger partial charge >= 0.3 is 0 Å². The molecule has 0 rings (SSSR count). The normalized spacial score (nSPS) is 16.7. The summed E-state index contributed by atoms with van der Waals surface area (Å²) in [7, 11) is -6.06. The monoisotopic (exact) mass is 361 g/mol. The van der Waals surface area contributed by atoms with E-state index < -0.39 is 29.7 Å². The van der Waals surface area contributed by atoms with Crippen molar-refractivity contribution in [1.82, 2.24) is 0 Å². The van der Waals surface area contributed by atoms with Crippen LogP contribution in [-0.2, 0) is 14.4 Å². The molecule has 0 unspecified atom stereocenters. The third-order valence-electron chi connectivity index (χ3n) is 4.04. The molecule has 0 aromatic carbocycles. The summed E-state index contributed by atoms with van der Waals surface area (Å²) in [6.45, 7) is 19.1. The summed E-state index contributed by atoms with van der Waals surface area (Å²) in [6.07, 6.45) is 0.765. The fraction of sp³-hybridized carbons (Fsp3) is 0.733. The van der Waals surface area contributed by atoms with E-state index >= 15 is 0 Å². The zero-order chi connectivity index (χ0) is 18.6. The Kier molecular flexibility index (Phi) is 7.54. The van der Waals surface area contributed by atoms with E-state index in [1.165, 1.54) is 6.92 Å². The molecule has 0 radical (unpaired) electrons. The summed E-state index contributed by atoms with van der Waals surface area (Å²) >= 11 is 0. The Labute approximate surface area is 142 Å². The Bertz CT molecular complexity index is 586. The second-order valence-electron chi connectivity index (χ2n) is 7.44. The molecule has 134 valence electrons. The molecule has 2 N–H and O–H groups in total. The first kappa shape index (κ1) is 22.2. The lowest BCUT2D eigenvalue weighted by Gasteiger charge is -2.40. The Balaban J connectivity index is 5.99. The lowest BCUT2D eigenvalue weighted by atomic mass is 10.2. The van der Waals surface area contributed by atoms with E-state index in [0.717, 1.165) is 5.57 Å². The van der Waals surface area contributed by atoms with Crippen molar-refractivity contribution >= 4 is 30.9 Å². The zero-order valence-corrected chi connectivity index (χ0v) is 17.4. The average Bonchev–Trinajstić information content (AvgIpc) is 2.34. The number of aliphatic imine (C=N–C) groups is 2. The number of primary sulfonamides is 1. The van der Waals surface area contributed by atoms with E-state index in [0.29, 0.717) is 0 Å². The first-order valence-electron chi connectivity index (χ1n) is 7.50. The quantitative estimate of drug-likeness (QED) is 0.447. The van der Waals surface area contributed by atoms with Gasteiger partial charge in [0.1, 0.15) is 11.4 Å². The van der Waals surface area contributed by atoms with Crippen molar-refractivity contribution in [1.29, 1.82) is 0 Å². The van der Waals surface area contributed by atoms with Gasteiger partial charge in [0.25, 0.3) is 0 Å². The highest BCUT2D eigenvalue weighted by molar-refractivity contribution is 7.89. The summed E-state index contributed by atoms with van der Waals surface area (Å²) in [5.41, 5.74) is 0.959. The first-order valence-corrected chi connectivity index (χ1v) is 12.0. The van der Waals surface area contributed by atoms with E-state index in [2.05, 4.69) is 37.5 Å². The number of sulfonamides is 1. The summed E-state index contributed by atoms with van der Waals surface area (Å²) in [4.78, 5) is 8.14. The largest absolute Gasteiger partial charge is 0.405 e. The summed E-state index contributed by atoms with van der Waals surface area (Å²) in [5.74, 6) is 0.234. The van der Waals surface area contributed by atoms with Crippen molar-refractivity contribution in [3.05, 3.63) is 11.8 Å². The van der Waals surface area contributed by atoms with Crippen molar-refractivity contribution in [2.75, 3.05) is 0 Å². The molecule has 2 atom stereocenters. The van der Waals surface area contributed by atoms with Crippen molar-refractivity contribution in [3.63, 3.8) is 0 Å². The molecule has 0 saturated heterocycles. The molecule has 0 aliphatic rings. The first-order chi connectivity index (χ1) is 10.1. The number of allylic oxidation sites excluding steroid dienone is 1. The van der Waals surface area contributed by atoms with E-state index in [4.69, 9.17) is 9.56 Å². The second kappa shape index (κ2) is 7.83. The summed E-state index contributed by atoms with van der Waals surface area (Å²) in [5, 5.41) is 4.27. The van der Waals surface area contributed by atoms with Crippen LogP contribution >= 0.6 is 0 Å². The van der Waals surface area contributed by atoms with Crippen LogP contribution in [0.5, 0.6) is 0 Å². The Morgan fingerprint density at radius 3 is 2.09 bits per heavy atom. The Morgan fingerprint density at radius 1 is 1.30 bits per heavy atom. The van der Waals surface area contributed by atoms with E-state index in [9.17, 15) is 8.42 Å². The second-order valence-corrected chi connectivity index (χ2v) is 14.1. The Morgan fingerprint density at radius 2 is 1.78 bits per heavy atom. The lowest BCUT2D eigenvalue weighted by molar-refractivity contribution is 0.237. The third kappa shape index (κ3) is 6.66. The molecule has 0 spiro atoms. The highest BCUT2D eigenvalue weighted by atomic mass is 32.2. The molecule has 23 heavy (non-hydrogen) atoms. The smallest absolute Gasteiger partial charge is 0.214 e. The molecule has 0 fully saturated rings. The van der Waals surface area contributed by atoms with Gasteiger partial charge in [-0.2, -0.15) is 0 Å². The van der Waals surface area contributed by atoms with Gasteiger partial charge in [0.2, 0.25) is 10.0 Å². The number of nitrogens with zero attached hydrogens (tertiary/aromatic N) is 2. The van der Waals surface area contributed by atoms with Crippen molar-refractivity contribution in [2.45, 2.75) is 71.0 Å². The maximum atomic E-state index is 11.8. The van der Waals surface area contributed by atoms with Gasteiger partial charge in [-0.1, -0.05) is 26.3 Å². The van der Waals surface area contributed by atoms with Gasteiger partial charge in [-0.25, -0.2) is 23.5 Å². The van der Waals surface area contributed by atoms with Gasteiger partial charge in [0.05, 0.1) is 0 Å². The number of amidine groups is 1. The van der Waals surface area contributed by atoms with Gasteiger partial charge in [0, 0.05) is 6.20 Å². The van der Waals surface area contributed by atoms with Crippen molar-refractivity contribution in [3.8, 4) is 0 Å². The number of hydrogen-bond acceptors (Lipinski definition) is 4. The van der Waals surface area contributed by atoms with Gasteiger partial charge in [-0.05, 0) is 45.6 Å². The van der Waals surface area contributed by atoms with Crippen LogP contribution in [-0.4, -0.2) is 40.6 Å². The van der Waals surface area contributed by atoms with E-state index in [1.54, 1.807) is 6.20 Å². The average molecular weight is 362 g/mol. The lowest BCUT2D eigenvalue weighted by Crippen LogP contribution is -2.51. The number of rotatable bonds is 6. The van der Waals surface area contributed by atoms with Crippen molar-refractivity contribution in [2.24, 2.45) is 15.1 Å². The molecule has 0 aromatic heterocycles. The maximum absolute atomic E-state index is 11.8. The van der Waals surface area contributed by atoms with E-state index in [1.807, 2.05) is 26.9 Å². The summed E-state index contributed by atoms with van der Waals surface area (Å²) < 4.78 is 30.0. The molecular weight excluding hydrogens is 330 g/mol. The molecule has 0 heterocycles. The maximum Gasteiger partial charge on any atom is 0.214 e. The fourth-order valence-electron chi connectivity index (χ4n) is 1.42. The minimum atomic E-state index is -3.81. The number of hydrogen-bond donors (Lipinski definition) is 1. The van der Waals surface area contributed by atoms with Crippen LogP contribution in [0.2, 0.25) is 18.1 Å². The van der Waals surface area contributed by atoms with Crippen LogP contribution in [0.4, 0.5) is 0 Å². The Hall–Kier alpha value is -0.833. The van der Waals surface area contributed by atoms with Gasteiger partial charge in [0.15, 0.2) is 14.2 Å². The minimum absolute atomic E-state index is 0.0911. The molecule has 0 aromatic rings. The predicted octanol–water partition coefficient (Wildman–Crippen LogP) is 3.08. The molecule has 0 bridgehead atoms. The van der Waals surface area contributed by atoms with Gasteiger partial charge in [-0.3, -0.25) is 0 Å². The highest BCUT2D eigenvalue weighted by Crippen LogP contribution is 2.38. The number of nitrogens with two attached hydrogens (primary N) is 1. The standard InChI is InChI=1S/C15H31N3O3SSi/c1-11(2)10-18-14(17-7)13(12(3)22(16,19)20)21-23(8,9)15(4,5)6/h10,12-13H,7H2,1-6,8-9H3,(H2,16,19,20)/b18-14-/t12-,13+/m1/s1. The van der Waals surface area contributed by atoms with Crippen LogP contribution in [0.15, 0.2) is 21.8 Å². The molecule has 8 heteroatoms. The predicted molar refractivity (Wildman–Crippen MR) is 101 cm³/mol. The third-order valence-corrected chi connectivity index (χ3v) is 9.78. The van der Waals surface area contributed by atoms with Crippen LogP contribution in [0, 0.1) is 0 Å². The highest BCUT2D eigenvalue weighted by Gasteiger charge is 2.43.